The molecule has 3 heterocycles. The van der Waals surface area contributed by atoms with Gasteiger partial charge in [0, 0.05) is 48.7 Å². The second-order valence-corrected chi connectivity index (χ2v) is 8.56. The van der Waals surface area contributed by atoms with E-state index in [1.54, 1.807) is 4.52 Å². The van der Waals surface area contributed by atoms with Crippen LogP contribution in [0.15, 0.2) is 29.4 Å². The molecule has 0 bridgehead atoms. The van der Waals surface area contributed by atoms with Crippen molar-refractivity contribution in [3.8, 4) is 0 Å². The maximum atomic E-state index is 13.0. The number of hydrogen-bond donors (Lipinski definition) is 0. The molecule has 1 aliphatic rings. The van der Waals surface area contributed by atoms with Crippen LogP contribution in [0.2, 0.25) is 0 Å². The first-order chi connectivity index (χ1) is 14.9. The van der Waals surface area contributed by atoms with Gasteiger partial charge in [0.25, 0.3) is 11.7 Å². The Labute approximate surface area is 185 Å². The van der Waals surface area contributed by atoms with Crippen molar-refractivity contribution in [3.05, 3.63) is 52.3 Å². The summed E-state index contributed by atoms with van der Waals surface area (Å²) in [6.07, 6.45) is 2.19. The van der Waals surface area contributed by atoms with Crippen molar-refractivity contribution in [1.82, 2.24) is 29.4 Å². The normalized spacial score (nSPS) is 14.3. The van der Waals surface area contributed by atoms with E-state index in [1.165, 1.54) is 11.8 Å². The number of carbonyl (C=O) groups is 2. The lowest BCUT2D eigenvalue weighted by molar-refractivity contribution is -0.131. The van der Waals surface area contributed by atoms with Gasteiger partial charge in [0.15, 0.2) is 0 Å². The highest BCUT2D eigenvalue weighted by molar-refractivity contribution is 7.98. The van der Waals surface area contributed by atoms with E-state index in [0.29, 0.717) is 42.7 Å². The zero-order chi connectivity index (χ0) is 22.1. The first-order valence-corrected chi connectivity index (χ1v) is 11.5. The summed E-state index contributed by atoms with van der Waals surface area (Å²) in [6.45, 7) is 7.98. The fourth-order valence-corrected chi connectivity index (χ4v) is 4.17. The van der Waals surface area contributed by atoms with Gasteiger partial charge in [0.1, 0.15) is 0 Å². The summed E-state index contributed by atoms with van der Waals surface area (Å²) in [5.41, 5.74) is 4.38. The molecule has 2 amide bonds. The highest BCUT2D eigenvalue weighted by atomic mass is 32.2. The third-order valence-corrected chi connectivity index (χ3v) is 6.30. The van der Waals surface area contributed by atoms with Crippen LogP contribution in [0.4, 0.5) is 0 Å². The number of nitrogens with zero attached hydrogens (tertiary/aromatic N) is 6. The van der Waals surface area contributed by atoms with E-state index >= 15 is 0 Å². The third-order valence-electron chi connectivity index (χ3n) is 5.76. The van der Waals surface area contributed by atoms with Crippen LogP contribution in [0.3, 0.4) is 0 Å². The Bertz CT molecular complexity index is 1130. The first kappa shape index (κ1) is 21.3. The van der Waals surface area contributed by atoms with Crippen molar-refractivity contribution in [3.63, 3.8) is 0 Å². The summed E-state index contributed by atoms with van der Waals surface area (Å²) in [7, 11) is 0. The molecule has 0 radical (unpaired) electrons. The Morgan fingerprint density at radius 2 is 1.61 bits per heavy atom. The summed E-state index contributed by atoms with van der Waals surface area (Å²) in [5.74, 6) is 0.614. The Kier molecular flexibility index (Phi) is 5.95. The van der Waals surface area contributed by atoms with Crippen LogP contribution in [0.5, 0.6) is 0 Å². The van der Waals surface area contributed by atoms with E-state index < -0.39 is 0 Å². The van der Waals surface area contributed by atoms with Crippen molar-refractivity contribution in [2.24, 2.45) is 0 Å². The number of fused-ring (bicyclic) bond motifs is 1. The molecule has 0 unspecified atom stereocenters. The second-order valence-electron chi connectivity index (χ2n) is 7.79. The van der Waals surface area contributed by atoms with Crippen LogP contribution in [0, 0.1) is 20.8 Å². The third kappa shape index (κ3) is 4.27. The molecule has 3 aromatic rings. The van der Waals surface area contributed by atoms with E-state index in [9.17, 15) is 9.59 Å². The first-order valence-electron chi connectivity index (χ1n) is 10.3. The summed E-state index contributed by atoms with van der Waals surface area (Å²) in [4.78, 5) is 38.3. The van der Waals surface area contributed by atoms with Gasteiger partial charge in [-0.3, -0.25) is 9.59 Å². The zero-order valence-electron chi connectivity index (χ0n) is 18.3. The number of thioether (sulfide) groups is 1. The van der Waals surface area contributed by atoms with Crippen molar-refractivity contribution in [1.29, 1.82) is 0 Å². The average Bonchev–Trinajstić information content (AvgIpc) is 3.20. The largest absolute Gasteiger partial charge is 0.339 e. The maximum Gasteiger partial charge on any atom is 0.253 e. The number of hydrogen-bond acceptors (Lipinski definition) is 6. The lowest BCUT2D eigenvalue weighted by Crippen LogP contribution is -2.51. The molecule has 4 rings (SSSR count). The Morgan fingerprint density at radius 1 is 0.968 bits per heavy atom. The summed E-state index contributed by atoms with van der Waals surface area (Å²) >= 11 is 1.46. The lowest BCUT2D eigenvalue weighted by Gasteiger charge is -2.35. The quantitative estimate of drug-likeness (QED) is 0.581. The predicted molar refractivity (Wildman–Crippen MR) is 119 cm³/mol. The van der Waals surface area contributed by atoms with Crippen molar-refractivity contribution in [2.75, 3.05) is 32.4 Å². The lowest BCUT2D eigenvalue weighted by atomic mass is 10.1. The van der Waals surface area contributed by atoms with Gasteiger partial charge < -0.3 is 9.80 Å². The van der Waals surface area contributed by atoms with Gasteiger partial charge in [-0.05, 0) is 39.2 Å². The van der Waals surface area contributed by atoms with Crippen LogP contribution in [0.1, 0.15) is 32.9 Å². The number of amides is 2. The zero-order valence-corrected chi connectivity index (χ0v) is 19.1. The van der Waals surface area contributed by atoms with Crippen molar-refractivity contribution in [2.45, 2.75) is 32.3 Å². The van der Waals surface area contributed by atoms with Gasteiger partial charge in [0.2, 0.25) is 11.1 Å². The van der Waals surface area contributed by atoms with Gasteiger partial charge in [-0.1, -0.05) is 29.5 Å². The Morgan fingerprint density at radius 3 is 2.26 bits per heavy atom. The molecule has 31 heavy (non-hydrogen) atoms. The van der Waals surface area contributed by atoms with Crippen LogP contribution in [-0.4, -0.2) is 73.6 Å². The number of piperazine rings is 1. The molecular formula is C22H26N6O2S. The van der Waals surface area contributed by atoms with E-state index in [4.69, 9.17) is 0 Å². The van der Waals surface area contributed by atoms with Gasteiger partial charge in [0.05, 0.1) is 6.42 Å². The molecule has 0 spiro atoms. The van der Waals surface area contributed by atoms with E-state index in [0.717, 1.165) is 22.5 Å². The van der Waals surface area contributed by atoms with Crippen LogP contribution in [0.25, 0.3) is 5.78 Å². The Hall–Kier alpha value is -2.94. The minimum absolute atomic E-state index is 0.0178. The fourth-order valence-electron chi connectivity index (χ4n) is 3.83. The number of benzene rings is 1. The fraction of sp³-hybridized carbons (Fsp3) is 0.409. The molecule has 1 saturated heterocycles. The maximum absolute atomic E-state index is 13.0. The molecule has 162 valence electrons. The predicted octanol–water partition coefficient (Wildman–Crippen LogP) is 2.30. The average molecular weight is 439 g/mol. The molecule has 8 nitrogen and oxygen atoms in total. The molecule has 0 aliphatic carbocycles. The molecule has 9 heteroatoms. The molecule has 2 aromatic heterocycles. The molecule has 0 saturated carbocycles. The molecule has 0 atom stereocenters. The van der Waals surface area contributed by atoms with Crippen LogP contribution in [-0.2, 0) is 11.2 Å². The smallest absolute Gasteiger partial charge is 0.253 e. The van der Waals surface area contributed by atoms with Crippen LogP contribution >= 0.6 is 11.8 Å². The van der Waals surface area contributed by atoms with Crippen molar-refractivity contribution >= 4 is 29.4 Å². The molecule has 1 fully saturated rings. The van der Waals surface area contributed by atoms with Gasteiger partial charge >= 0.3 is 0 Å². The topological polar surface area (TPSA) is 83.7 Å². The number of carbonyl (C=O) groups excluding carboxylic acids is 2. The van der Waals surface area contributed by atoms with Gasteiger partial charge in [-0.2, -0.15) is 4.98 Å². The second kappa shape index (κ2) is 8.66. The highest BCUT2D eigenvalue weighted by Crippen LogP contribution is 2.18. The molecule has 0 N–H and O–H groups in total. The summed E-state index contributed by atoms with van der Waals surface area (Å²) < 4.78 is 1.71. The van der Waals surface area contributed by atoms with E-state index in [1.807, 2.05) is 61.1 Å². The highest BCUT2D eigenvalue weighted by Gasteiger charge is 2.26. The number of aromatic nitrogens is 4. The molecule has 1 aromatic carbocycles. The van der Waals surface area contributed by atoms with E-state index in [-0.39, 0.29) is 18.2 Å². The minimum atomic E-state index is 0.0178. The molecular weight excluding hydrogens is 412 g/mol. The minimum Gasteiger partial charge on any atom is -0.339 e. The summed E-state index contributed by atoms with van der Waals surface area (Å²) in [6, 6.07) is 7.60. The summed E-state index contributed by atoms with van der Waals surface area (Å²) in [5, 5.41) is 5.11. The van der Waals surface area contributed by atoms with Crippen LogP contribution < -0.4 is 0 Å². The number of aryl methyl sites for hydroxylation is 3. The Balaban J connectivity index is 1.42. The molecule has 1 aliphatic heterocycles. The SMILES string of the molecule is CSc1nc2nc(C)c(CC(=O)N3CCN(C(=O)c4ccc(C)cc4)CC3)c(C)n2n1. The monoisotopic (exact) mass is 438 g/mol. The van der Waals surface area contributed by atoms with Gasteiger partial charge in [-0.25, -0.2) is 9.50 Å². The van der Waals surface area contributed by atoms with Crippen molar-refractivity contribution < 1.29 is 9.59 Å². The van der Waals surface area contributed by atoms with E-state index in [2.05, 4.69) is 15.1 Å². The van der Waals surface area contributed by atoms with Gasteiger partial charge in [-0.15, -0.1) is 5.10 Å². The standard InChI is InChI=1S/C22H26N6O2S/c1-14-5-7-17(8-6-14)20(30)27-11-9-26(10-12-27)19(29)13-18-15(2)23-21-24-22(31-4)25-28(21)16(18)3/h5-8H,9-13H2,1-4H3. The number of rotatable bonds is 4.